The second-order valence-electron chi connectivity index (χ2n) is 6.45. The Morgan fingerprint density at radius 3 is 2.25 bits per heavy atom. The third kappa shape index (κ3) is 3.78. The topological polar surface area (TPSA) is 65.2 Å². The number of carbonyl (C=O) groups is 1. The average Bonchev–Trinajstić information content (AvgIpc) is 2.74. The number of aromatic amines is 1. The summed E-state index contributed by atoms with van der Waals surface area (Å²) in [6.45, 7) is 0.494. The van der Waals surface area contributed by atoms with E-state index < -0.39 is 0 Å². The van der Waals surface area contributed by atoms with Gasteiger partial charge in [-0.05, 0) is 35.2 Å². The molecule has 0 saturated heterocycles. The minimum atomic E-state index is -0.373. The molecule has 0 saturated carbocycles. The third-order valence-electron chi connectivity index (χ3n) is 4.49. The number of para-hydroxylation sites is 1. The largest absolute Gasteiger partial charge is 0.317 e. The Balaban J connectivity index is 1.64. The van der Waals surface area contributed by atoms with E-state index in [1.165, 1.54) is 0 Å². The Morgan fingerprint density at radius 2 is 1.50 bits per heavy atom. The summed E-state index contributed by atoms with van der Waals surface area (Å²) in [6, 6.07) is 28.4. The molecule has 28 heavy (non-hydrogen) atoms. The van der Waals surface area contributed by atoms with E-state index in [0.717, 1.165) is 16.6 Å². The second kappa shape index (κ2) is 7.80. The van der Waals surface area contributed by atoms with Crippen LogP contribution in [-0.2, 0) is 6.54 Å². The van der Waals surface area contributed by atoms with Crippen LogP contribution in [0.3, 0.4) is 0 Å². The number of H-pyrrole nitrogens is 1. The zero-order valence-electron chi connectivity index (χ0n) is 15.1. The summed E-state index contributed by atoms with van der Waals surface area (Å²) >= 11 is 0. The molecule has 0 aliphatic rings. The maximum absolute atomic E-state index is 12.9. The zero-order chi connectivity index (χ0) is 19.3. The number of anilines is 1. The summed E-state index contributed by atoms with van der Waals surface area (Å²) in [5, 5.41) is 3.06. The lowest BCUT2D eigenvalue weighted by Gasteiger charge is -2.25. The number of hydrogen-bond acceptors (Lipinski definition) is 3. The lowest BCUT2D eigenvalue weighted by molar-refractivity contribution is 0.0943. The molecule has 3 aromatic carbocycles. The Labute approximate surface area is 162 Å². The van der Waals surface area contributed by atoms with Crippen molar-refractivity contribution in [1.29, 1.82) is 0 Å². The first-order valence-electron chi connectivity index (χ1n) is 9.00. The molecule has 5 heteroatoms. The van der Waals surface area contributed by atoms with Gasteiger partial charge in [-0.15, -0.1) is 0 Å². The van der Waals surface area contributed by atoms with E-state index in [9.17, 15) is 9.59 Å². The molecule has 5 nitrogen and oxygen atoms in total. The van der Waals surface area contributed by atoms with E-state index >= 15 is 0 Å². The summed E-state index contributed by atoms with van der Waals surface area (Å²) in [6.07, 6.45) is 0. The second-order valence-corrected chi connectivity index (χ2v) is 6.45. The normalized spacial score (nSPS) is 10.6. The van der Waals surface area contributed by atoms with Gasteiger partial charge in [-0.1, -0.05) is 66.7 Å². The van der Waals surface area contributed by atoms with Crippen molar-refractivity contribution < 1.29 is 4.79 Å². The Hall–Kier alpha value is -3.86. The predicted molar refractivity (Wildman–Crippen MR) is 111 cm³/mol. The van der Waals surface area contributed by atoms with Crippen LogP contribution in [0.2, 0.25) is 0 Å². The Bertz CT molecular complexity index is 1150. The van der Waals surface area contributed by atoms with Crippen molar-refractivity contribution in [2.24, 2.45) is 0 Å². The van der Waals surface area contributed by atoms with Crippen molar-refractivity contribution in [3.8, 4) is 0 Å². The molecule has 0 fully saturated rings. The highest BCUT2D eigenvalue weighted by atomic mass is 16.2. The quantitative estimate of drug-likeness (QED) is 0.525. The molecule has 1 heterocycles. The number of nitrogens with zero attached hydrogens (tertiary/aromatic N) is 1. The fourth-order valence-corrected chi connectivity index (χ4v) is 3.09. The van der Waals surface area contributed by atoms with Gasteiger partial charge in [-0.3, -0.25) is 20.0 Å². The van der Waals surface area contributed by atoms with Gasteiger partial charge in [-0.25, -0.2) is 0 Å². The molecular formula is C23H19N3O2. The number of fused-ring (bicyclic) bond motifs is 1. The Kier molecular flexibility index (Phi) is 4.89. The molecule has 0 bridgehead atoms. The van der Waals surface area contributed by atoms with E-state index in [4.69, 9.17) is 0 Å². The monoisotopic (exact) mass is 369 g/mol. The van der Waals surface area contributed by atoms with Gasteiger partial charge in [0.15, 0.2) is 0 Å². The third-order valence-corrected chi connectivity index (χ3v) is 4.49. The number of hydrazine groups is 1. The summed E-state index contributed by atoms with van der Waals surface area (Å²) < 4.78 is 0. The maximum atomic E-state index is 12.9. The minimum Gasteiger partial charge on any atom is -0.317 e. The minimum absolute atomic E-state index is 0.220. The van der Waals surface area contributed by atoms with E-state index in [0.29, 0.717) is 11.9 Å². The number of amides is 1. The fourth-order valence-electron chi connectivity index (χ4n) is 3.09. The number of carbonyl (C=O) groups excluding carboxylic acids is 1. The van der Waals surface area contributed by atoms with Crippen LogP contribution in [0.1, 0.15) is 16.1 Å². The number of rotatable bonds is 5. The van der Waals surface area contributed by atoms with Gasteiger partial charge in [0, 0.05) is 5.39 Å². The number of aromatic nitrogens is 1. The summed E-state index contributed by atoms with van der Waals surface area (Å²) in [7, 11) is 0. The number of hydrogen-bond donors (Lipinski definition) is 2. The van der Waals surface area contributed by atoms with Crippen LogP contribution in [0.15, 0.2) is 95.8 Å². The first-order chi connectivity index (χ1) is 13.7. The van der Waals surface area contributed by atoms with Crippen LogP contribution in [0, 0.1) is 0 Å². The highest BCUT2D eigenvalue weighted by Crippen LogP contribution is 2.16. The van der Waals surface area contributed by atoms with Gasteiger partial charge in [0.1, 0.15) is 5.69 Å². The van der Waals surface area contributed by atoms with Gasteiger partial charge in [-0.2, -0.15) is 0 Å². The van der Waals surface area contributed by atoms with Crippen LogP contribution >= 0.6 is 0 Å². The van der Waals surface area contributed by atoms with Crippen LogP contribution in [-0.4, -0.2) is 10.9 Å². The van der Waals surface area contributed by atoms with Crippen molar-refractivity contribution in [1.82, 2.24) is 10.4 Å². The SMILES string of the molecule is O=C(NN(Cc1ccccc1)c1ccccc1)c1cc2ccccc2c(=O)[nH]1. The van der Waals surface area contributed by atoms with Crippen molar-refractivity contribution in [2.75, 3.05) is 5.01 Å². The number of nitrogens with one attached hydrogen (secondary N) is 2. The van der Waals surface area contributed by atoms with Gasteiger partial charge < -0.3 is 4.98 Å². The predicted octanol–water partition coefficient (Wildman–Crippen LogP) is 3.88. The smallest absolute Gasteiger partial charge is 0.286 e. The van der Waals surface area contributed by atoms with Crippen molar-refractivity contribution in [3.05, 3.63) is 113 Å². The molecular weight excluding hydrogens is 350 g/mol. The van der Waals surface area contributed by atoms with E-state index in [1.807, 2.05) is 72.8 Å². The molecule has 0 radical (unpaired) electrons. The van der Waals surface area contributed by atoms with Gasteiger partial charge in [0.05, 0.1) is 12.2 Å². The van der Waals surface area contributed by atoms with E-state index in [-0.39, 0.29) is 17.2 Å². The standard InChI is InChI=1S/C23H19N3O2/c27-22-20-14-8-7-11-18(20)15-21(24-22)23(28)25-26(19-12-5-2-6-13-19)16-17-9-3-1-4-10-17/h1-15H,16H2,(H,24,27)(H,25,28). The molecule has 4 rings (SSSR count). The molecule has 0 atom stereocenters. The molecule has 0 aliphatic carbocycles. The van der Waals surface area contributed by atoms with Gasteiger partial charge >= 0.3 is 0 Å². The molecule has 1 aromatic heterocycles. The highest BCUT2D eigenvalue weighted by Gasteiger charge is 2.14. The molecule has 2 N–H and O–H groups in total. The van der Waals surface area contributed by atoms with Gasteiger partial charge in [0.25, 0.3) is 11.5 Å². The molecule has 4 aromatic rings. The fraction of sp³-hybridized carbons (Fsp3) is 0.0435. The molecule has 1 amide bonds. The molecule has 0 unspecified atom stereocenters. The van der Waals surface area contributed by atoms with E-state index in [2.05, 4.69) is 10.4 Å². The van der Waals surface area contributed by atoms with E-state index in [1.54, 1.807) is 23.2 Å². The highest BCUT2D eigenvalue weighted by molar-refractivity contribution is 5.97. The molecule has 0 aliphatic heterocycles. The first-order valence-corrected chi connectivity index (χ1v) is 9.00. The Morgan fingerprint density at radius 1 is 0.857 bits per heavy atom. The maximum Gasteiger partial charge on any atom is 0.286 e. The number of pyridine rings is 1. The van der Waals surface area contributed by atoms with Crippen LogP contribution in [0.5, 0.6) is 0 Å². The van der Waals surface area contributed by atoms with Gasteiger partial charge in [0.2, 0.25) is 0 Å². The number of benzene rings is 3. The van der Waals surface area contributed by atoms with Crippen molar-refractivity contribution >= 4 is 22.4 Å². The lowest BCUT2D eigenvalue weighted by atomic mass is 10.1. The van der Waals surface area contributed by atoms with Crippen molar-refractivity contribution in [3.63, 3.8) is 0 Å². The van der Waals surface area contributed by atoms with Crippen LogP contribution in [0.25, 0.3) is 10.8 Å². The lowest BCUT2D eigenvalue weighted by Crippen LogP contribution is -2.42. The molecule has 0 spiro atoms. The van der Waals surface area contributed by atoms with Crippen molar-refractivity contribution in [2.45, 2.75) is 6.54 Å². The molecule has 138 valence electrons. The van der Waals surface area contributed by atoms with Crippen LogP contribution in [0.4, 0.5) is 5.69 Å². The average molecular weight is 369 g/mol. The van der Waals surface area contributed by atoms with Crippen LogP contribution < -0.4 is 16.0 Å². The summed E-state index contributed by atoms with van der Waals surface area (Å²) in [4.78, 5) is 27.9. The summed E-state index contributed by atoms with van der Waals surface area (Å²) in [5.41, 5.74) is 4.76. The first kappa shape index (κ1) is 17.5. The summed E-state index contributed by atoms with van der Waals surface area (Å²) in [5.74, 6) is -0.373. The zero-order valence-corrected chi connectivity index (χ0v) is 15.1.